The van der Waals surface area contributed by atoms with E-state index in [0.29, 0.717) is 25.4 Å². The van der Waals surface area contributed by atoms with Gasteiger partial charge in [0, 0.05) is 86.9 Å². The average molecular weight is 482 g/mol. The summed E-state index contributed by atoms with van der Waals surface area (Å²) in [5, 5.41) is 0. The van der Waals surface area contributed by atoms with Crippen LogP contribution in [0.1, 0.15) is 13.8 Å². The van der Waals surface area contributed by atoms with Crippen molar-refractivity contribution in [2.75, 3.05) is 80.7 Å². The molecule has 32 heavy (non-hydrogen) atoms. The van der Waals surface area contributed by atoms with Crippen molar-refractivity contribution in [2.24, 2.45) is 16.6 Å². The normalized spacial score (nSPS) is 29.5. The summed E-state index contributed by atoms with van der Waals surface area (Å²) < 4.78 is 16.7. The monoisotopic (exact) mass is 481 g/mol. The minimum absolute atomic E-state index is 0.0479. The van der Waals surface area contributed by atoms with E-state index in [-0.39, 0.29) is 10.8 Å². The van der Waals surface area contributed by atoms with Crippen LogP contribution in [0.4, 0.5) is 15.8 Å². The molecule has 2 N–H and O–H groups in total. The maximum absolute atomic E-state index is 14.3. The summed E-state index contributed by atoms with van der Waals surface area (Å²) in [4.78, 5) is 19.2. The number of carbonyl (C=O) groups excluding carboxylic acids is 1. The second kappa shape index (κ2) is 9.60. The Bertz CT molecular complexity index is 786. The van der Waals surface area contributed by atoms with Crippen LogP contribution in [0.2, 0.25) is 0 Å². The third-order valence-corrected chi connectivity index (χ3v) is 9.43. The van der Waals surface area contributed by atoms with Gasteiger partial charge in [0.15, 0.2) is 0 Å². The van der Waals surface area contributed by atoms with Crippen molar-refractivity contribution in [3.63, 3.8) is 0 Å². The number of piperazine rings is 1. The molecule has 3 saturated heterocycles. The highest BCUT2D eigenvalue weighted by Gasteiger charge is 2.59. The standard InChI is InChI=1S/C23H36FN5OS2/c1-22-14-27(15-23(22,2)17-28(16-22)21(30)20(24)32-13-8-25)19-6-4-18(5-7-19)26-9-11-29(31-3)12-10-26/h4-7,20H,8-17,25H2,1-3H3/t20?,22-,23+. The number of rotatable bonds is 7. The van der Waals surface area contributed by atoms with Crippen molar-refractivity contribution < 1.29 is 9.18 Å². The number of alkyl halides is 1. The van der Waals surface area contributed by atoms with Gasteiger partial charge in [0.05, 0.1) is 0 Å². The molecule has 3 aliphatic heterocycles. The summed E-state index contributed by atoms with van der Waals surface area (Å²) in [7, 11) is 0. The van der Waals surface area contributed by atoms with Crippen LogP contribution in [0.25, 0.3) is 0 Å². The van der Waals surface area contributed by atoms with Gasteiger partial charge in [0.25, 0.3) is 5.91 Å². The highest BCUT2D eigenvalue weighted by molar-refractivity contribution is 8.00. The zero-order chi connectivity index (χ0) is 22.9. The lowest BCUT2D eigenvalue weighted by atomic mass is 9.71. The molecule has 1 aromatic carbocycles. The first kappa shape index (κ1) is 24.0. The van der Waals surface area contributed by atoms with Gasteiger partial charge in [0.1, 0.15) is 0 Å². The summed E-state index contributed by atoms with van der Waals surface area (Å²) in [6.45, 7) is 12.2. The number of hydrogen-bond acceptors (Lipinski definition) is 7. The van der Waals surface area contributed by atoms with Crippen LogP contribution in [0.5, 0.6) is 0 Å². The molecule has 178 valence electrons. The molecule has 3 atom stereocenters. The third kappa shape index (κ3) is 4.58. The summed E-state index contributed by atoms with van der Waals surface area (Å²) in [5.74, 6) is 0.0736. The van der Waals surface area contributed by atoms with Crippen LogP contribution in [0, 0.1) is 10.8 Å². The molecule has 3 aliphatic rings. The number of hydrogen-bond donors (Lipinski definition) is 1. The van der Waals surface area contributed by atoms with E-state index in [2.05, 4.69) is 58.5 Å². The summed E-state index contributed by atoms with van der Waals surface area (Å²) >= 11 is 2.83. The molecule has 0 bridgehead atoms. The first-order chi connectivity index (χ1) is 15.3. The van der Waals surface area contributed by atoms with E-state index in [9.17, 15) is 9.18 Å². The first-order valence-electron chi connectivity index (χ1n) is 11.4. The minimum atomic E-state index is -1.51. The van der Waals surface area contributed by atoms with Crippen LogP contribution >= 0.6 is 23.7 Å². The molecular weight excluding hydrogens is 445 g/mol. The molecule has 0 saturated carbocycles. The number of nitrogens with zero attached hydrogens (tertiary/aromatic N) is 4. The number of carbonyl (C=O) groups is 1. The van der Waals surface area contributed by atoms with Crippen molar-refractivity contribution >= 4 is 41.0 Å². The fourth-order valence-corrected chi connectivity index (χ4v) is 6.55. The Balaban J connectivity index is 1.38. The van der Waals surface area contributed by atoms with Gasteiger partial charge in [0.2, 0.25) is 5.50 Å². The summed E-state index contributed by atoms with van der Waals surface area (Å²) in [5.41, 5.74) is 6.37. The predicted molar refractivity (Wildman–Crippen MR) is 135 cm³/mol. The smallest absolute Gasteiger partial charge is 0.267 e. The fourth-order valence-electron chi connectivity index (χ4n) is 5.39. The van der Waals surface area contributed by atoms with Gasteiger partial charge in [-0.1, -0.05) is 25.8 Å². The molecule has 1 aromatic rings. The zero-order valence-electron chi connectivity index (χ0n) is 19.4. The van der Waals surface area contributed by atoms with E-state index in [1.165, 1.54) is 11.4 Å². The number of likely N-dealkylation sites (tertiary alicyclic amines) is 1. The fraction of sp³-hybridized carbons (Fsp3) is 0.696. The number of benzene rings is 1. The molecule has 4 rings (SSSR count). The second-order valence-electron chi connectivity index (χ2n) is 9.76. The van der Waals surface area contributed by atoms with Gasteiger partial charge in [-0.2, -0.15) is 0 Å². The van der Waals surface area contributed by atoms with Crippen molar-refractivity contribution in [1.29, 1.82) is 0 Å². The maximum atomic E-state index is 14.3. The molecule has 0 aliphatic carbocycles. The van der Waals surface area contributed by atoms with E-state index in [4.69, 9.17) is 5.73 Å². The Morgan fingerprint density at radius 1 is 1.00 bits per heavy atom. The van der Waals surface area contributed by atoms with Gasteiger partial charge in [-0.3, -0.25) is 4.79 Å². The Morgan fingerprint density at radius 2 is 1.53 bits per heavy atom. The molecule has 3 fully saturated rings. The van der Waals surface area contributed by atoms with E-state index in [1.807, 2.05) is 11.9 Å². The van der Waals surface area contributed by atoms with Gasteiger partial charge in [-0.05, 0) is 30.5 Å². The Morgan fingerprint density at radius 3 is 2.03 bits per heavy atom. The van der Waals surface area contributed by atoms with Gasteiger partial charge >= 0.3 is 0 Å². The molecule has 3 heterocycles. The Hall–Kier alpha value is -1.16. The lowest BCUT2D eigenvalue weighted by Gasteiger charge is -2.35. The van der Waals surface area contributed by atoms with Gasteiger partial charge in [-0.25, -0.2) is 8.70 Å². The quantitative estimate of drug-likeness (QED) is 0.601. The summed E-state index contributed by atoms with van der Waals surface area (Å²) in [6.07, 6.45) is 2.14. The van der Waals surface area contributed by atoms with E-state index < -0.39 is 11.4 Å². The predicted octanol–water partition coefficient (Wildman–Crippen LogP) is 2.75. The van der Waals surface area contributed by atoms with Crippen molar-refractivity contribution in [1.82, 2.24) is 9.21 Å². The highest BCUT2D eigenvalue weighted by Crippen LogP contribution is 2.52. The molecule has 1 amide bonds. The number of thioether (sulfide) groups is 1. The number of nitrogens with two attached hydrogens (primary N) is 1. The molecule has 0 spiro atoms. The largest absolute Gasteiger partial charge is 0.370 e. The van der Waals surface area contributed by atoms with E-state index >= 15 is 0 Å². The number of halogens is 1. The maximum Gasteiger partial charge on any atom is 0.267 e. The zero-order valence-corrected chi connectivity index (χ0v) is 21.1. The Labute approximate surface area is 200 Å². The number of amides is 1. The number of fused-ring (bicyclic) bond motifs is 1. The van der Waals surface area contributed by atoms with Gasteiger partial charge < -0.3 is 20.4 Å². The van der Waals surface area contributed by atoms with Crippen molar-refractivity contribution in [2.45, 2.75) is 19.4 Å². The minimum Gasteiger partial charge on any atom is -0.370 e. The molecule has 1 unspecified atom stereocenters. The number of anilines is 2. The van der Waals surface area contributed by atoms with Crippen LogP contribution < -0.4 is 15.5 Å². The topological polar surface area (TPSA) is 56.0 Å². The van der Waals surface area contributed by atoms with Crippen LogP contribution in [0.15, 0.2) is 24.3 Å². The molecule has 9 heteroatoms. The van der Waals surface area contributed by atoms with Crippen LogP contribution in [-0.2, 0) is 4.79 Å². The average Bonchev–Trinajstić information content (AvgIpc) is 3.21. The van der Waals surface area contributed by atoms with Crippen LogP contribution in [-0.4, -0.2) is 91.5 Å². The molecular formula is C23H36FN5OS2. The van der Waals surface area contributed by atoms with Crippen LogP contribution in [0.3, 0.4) is 0 Å². The third-order valence-electron chi connectivity index (χ3n) is 7.58. The lowest BCUT2D eigenvalue weighted by Crippen LogP contribution is -2.43. The van der Waals surface area contributed by atoms with Crippen molar-refractivity contribution in [3.8, 4) is 0 Å². The highest BCUT2D eigenvalue weighted by atomic mass is 32.2. The second-order valence-corrected chi connectivity index (χ2v) is 11.8. The molecule has 0 aromatic heterocycles. The first-order valence-corrected chi connectivity index (χ1v) is 13.7. The van der Waals surface area contributed by atoms with Crippen molar-refractivity contribution in [3.05, 3.63) is 24.3 Å². The summed E-state index contributed by atoms with van der Waals surface area (Å²) in [6, 6.07) is 8.93. The molecule has 0 radical (unpaired) electrons. The Kier molecular flexibility index (Phi) is 7.20. The van der Waals surface area contributed by atoms with E-state index in [1.54, 1.807) is 4.90 Å². The van der Waals surface area contributed by atoms with E-state index in [0.717, 1.165) is 51.0 Å². The lowest BCUT2D eigenvalue weighted by molar-refractivity contribution is -0.132. The molecule has 6 nitrogen and oxygen atoms in total. The SMILES string of the molecule is CSN1CCN(c2ccc(N3C[C@]4(C)CN(C(=O)C(F)SCCN)C[C@]4(C)C3)cc2)CC1. The van der Waals surface area contributed by atoms with Gasteiger partial charge in [-0.15, -0.1) is 11.8 Å².